The number of H-pyrrole nitrogens is 1. The molecule has 1 aliphatic rings. The third kappa shape index (κ3) is 2.40. The summed E-state index contributed by atoms with van der Waals surface area (Å²) >= 11 is 0. The Kier molecular flexibility index (Phi) is 3.43. The van der Waals surface area contributed by atoms with E-state index < -0.39 is 0 Å². The summed E-state index contributed by atoms with van der Waals surface area (Å²) < 4.78 is 1.94. The summed E-state index contributed by atoms with van der Waals surface area (Å²) in [5, 5.41) is 11.8. The van der Waals surface area contributed by atoms with Gasteiger partial charge in [-0.3, -0.25) is 9.78 Å². The van der Waals surface area contributed by atoms with Gasteiger partial charge in [0.15, 0.2) is 5.82 Å². The van der Waals surface area contributed by atoms with Gasteiger partial charge in [0.05, 0.1) is 5.69 Å². The summed E-state index contributed by atoms with van der Waals surface area (Å²) in [4.78, 5) is 6.79. The number of aromatic amines is 1. The highest BCUT2D eigenvalue weighted by Crippen LogP contribution is 2.20. The smallest absolute Gasteiger partial charge is 0.245 e. The average molecular weight is 275 g/mol. The number of nitrogens with zero attached hydrogens (tertiary/aromatic N) is 5. The van der Waals surface area contributed by atoms with Crippen molar-refractivity contribution < 1.29 is 0 Å². The predicted molar refractivity (Wildman–Crippen MR) is 77.4 cm³/mol. The summed E-state index contributed by atoms with van der Waals surface area (Å²) in [5.74, 6) is 1.53. The van der Waals surface area contributed by atoms with Crippen LogP contribution in [0.15, 0.2) is 6.07 Å². The van der Waals surface area contributed by atoms with Crippen LogP contribution in [0.4, 0.5) is 5.95 Å². The van der Waals surface area contributed by atoms with Crippen LogP contribution in [0.3, 0.4) is 0 Å². The molecule has 1 aliphatic heterocycles. The first kappa shape index (κ1) is 13.1. The fourth-order valence-corrected chi connectivity index (χ4v) is 2.59. The van der Waals surface area contributed by atoms with Gasteiger partial charge in [-0.15, -0.1) is 5.10 Å². The zero-order valence-corrected chi connectivity index (χ0v) is 12.0. The maximum Gasteiger partial charge on any atom is 0.245 e. The third-order valence-corrected chi connectivity index (χ3v) is 3.74. The predicted octanol–water partition coefficient (Wildman–Crippen LogP) is 0.924. The second kappa shape index (κ2) is 5.24. The van der Waals surface area contributed by atoms with Gasteiger partial charge >= 0.3 is 0 Å². The standard InChI is InChI=1S/C13H21N7/c1-3-20-11(8-9(2)18-20)12-15-13(17-16-12)19-6-4-10(14)5-7-19/h8,10H,3-7,14H2,1-2H3,(H,15,16,17). The van der Waals surface area contributed by atoms with Gasteiger partial charge < -0.3 is 10.6 Å². The molecule has 2 aromatic heterocycles. The largest absolute Gasteiger partial charge is 0.339 e. The molecule has 0 aliphatic carbocycles. The second-order valence-corrected chi connectivity index (χ2v) is 5.30. The minimum atomic E-state index is 0.314. The molecule has 0 radical (unpaired) electrons. The van der Waals surface area contributed by atoms with E-state index in [0.29, 0.717) is 6.04 Å². The van der Waals surface area contributed by atoms with Crippen molar-refractivity contribution in [1.29, 1.82) is 0 Å². The normalized spacial score (nSPS) is 16.9. The maximum absolute atomic E-state index is 5.93. The Hall–Kier alpha value is -1.89. The zero-order chi connectivity index (χ0) is 14.1. The molecule has 20 heavy (non-hydrogen) atoms. The van der Waals surface area contributed by atoms with Gasteiger partial charge in [-0.05, 0) is 32.8 Å². The van der Waals surface area contributed by atoms with Crippen LogP contribution >= 0.6 is 0 Å². The lowest BCUT2D eigenvalue weighted by atomic mass is 10.1. The van der Waals surface area contributed by atoms with Crippen LogP contribution in [0.25, 0.3) is 11.5 Å². The monoisotopic (exact) mass is 275 g/mol. The molecule has 0 aromatic carbocycles. The number of nitrogens with two attached hydrogens (primary N) is 1. The van der Waals surface area contributed by atoms with Gasteiger partial charge in [0.1, 0.15) is 5.69 Å². The first-order valence-electron chi connectivity index (χ1n) is 7.15. The van der Waals surface area contributed by atoms with Crippen molar-refractivity contribution in [3.8, 4) is 11.5 Å². The van der Waals surface area contributed by atoms with Crippen LogP contribution in [0.5, 0.6) is 0 Å². The number of anilines is 1. The molecular formula is C13H21N7. The molecule has 0 atom stereocenters. The van der Waals surface area contributed by atoms with Crippen molar-refractivity contribution in [3.63, 3.8) is 0 Å². The summed E-state index contributed by atoms with van der Waals surface area (Å²) in [6.45, 7) is 6.71. The van der Waals surface area contributed by atoms with Gasteiger partial charge in [0, 0.05) is 25.7 Å². The summed E-state index contributed by atoms with van der Waals surface area (Å²) in [6, 6.07) is 2.34. The second-order valence-electron chi connectivity index (χ2n) is 5.30. The minimum absolute atomic E-state index is 0.314. The Morgan fingerprint density at radius 3 is 2.85 bits per heavy atom. The van der Waals surface area contributed by atoms with Gasteiger partial charge in [-0.1, -0.05) is 0 Å². The molecule has 0 spiro atoms. The molecule has 7 heteroatoms. The maximum atomic E-state index is 5.93. The molecule has 0 bridgehead atoms. The number of nitrogens with one attached hydrogen (secondary N) is 1. The number of aromatic nitrogens is 5. The van der Waals surface area contributed by atoms with E-state index in [1.807, 2.05) is 17.7 Å². The molecule has 3 rings (SSSR count). The van der Waals surface area contributed by atoms with Crippen LogP contribution in [-0.2, 0) is 6.54 Å². The highest BCUT2D eigenvalue weighted by Gasteiger charge is 2.20. The summed E-state index contributed by atoms with van der Waals surface area (Å²) in [7, 11) is 0. The van der Waals surface area contributed by atoms with Crippen molar-refractivity contribution in [2.45, 2.75) is 39.3 Å². The third-order valence-electron chi connectivity index (χ3n) is 3.74. The molecule has 0 amide bonds. The van der Waals surface area contributed by atoms with E-state index >= 15 is 0 Å². The van der Waals surface area contributed by atoms with Gasteiger partial charge in [-0.2, -0.15) is 10.1 Å². The zero-order valence-electron chi connectivity index (χ0n) is 12.0. The number of aryl methyl sites for hydroxylation is 2. The summed E-state index contributed by atoms with van der Waals surface area (Å²) in [5.41, 5.74) is 7.90. The highest BCUT2D eigenvalue weighted by molar-refractivity contribution is 5.52. The lowest BCUT2D eigenvalue weighted by Gasteiger charge is -2.28. The van der Waals surface area contributed by atoms with Crippen LogP contribution in [0.1, 0.15) is 25.5 Å². The van der Waals surface area contributed by atoms with E-state index in [4.69, 9.17) is 5.73 Å². The van der Waals surface area contributed by atoms with Crippen molar-refractivity contribution in [2.75, 3.05) is 18.0 Å². The quantitative estimate of drug-likeness (QED) is 0.869. The number of hydrogen-bond acceptors (Lipinski definition) is 5. The highest BCUT2D eigenvalue weighted by atomic mass is 15.4. The molecule has 0 unspecified atom stereocenters. The Balaban J connectivity index is 1.83. The average Bonchev–Trinajstić information content (AvgIpc) is 3.05. The fraction of sp³-hybridized carbons (Fsp3) is 0.615. The number of hydrogen-bond donors (Lipinski definition) is 2. The van der Waals surface area contributed by atoms with Crippen LogP contribution < -0.4 is 10.6 Å². The Morgan fingerprint density at radius 2 is 2.15 bits per heavy atom. The molecule has 1 saturated heterocycles. The van der Waals surface area contributed by atoms with E-state index in [-0.39, 0.29) is 0 Å². The molecule has 3 heterocycles. The summed E-state index contributed by atoms with van der Waals surface area (Å²) in [6.07, 6.45) is 1.99. The van der Waals surface area contributed by atoms with Crippen molar-refractivity contribution in [2.24, 2.45) is 5.73 Å². The minimum Gasteiger partial charge on any atom is -0.339 e. The molecule has 3 N–H and O–H groups in total. The molecule has 1 fully saturated rings. The molecular weight excluding hydrogens is 254 g/mol. The topological polar surface area (TPSA) is 88.7 Å². The Bertz CT molecular complexity index is 577. The van der Waals surface area contributed by atoms with Gasteiger partial charge in [0.25, 0.3) is 0 Å². The first-order chi connectivity index (χ1) is 9.67. The van der Waals surface area contributed by atoms with Crippen molar-refractivity contribution in [3.05, 3.63) is 11.8 Å². The number of piperidine rings is 1. The van der Waals surface area contributed by atoms with E-state index in [9.17, 15) is 0 Å². The lowest BCUT2D eigenvalue weighted by Crippen LogP contribution is -2.40. The SMILES string of the molecule is CCn1nc(C)cc1-c1nc(N2CCC(N)CC2)n[nH]1. The Labute approximate surface area is 118 Å². The number of rotatable bonds is 3. The fourth-order valence-electron chi connectivity index (χ4n) is 2.59. The molecule has 108 valence electrons. The lowest BCUT2D eigenvalue weighted by molar-refractivity contribution is 0.496. The van der Waals surface area contributed by atoms with Crippen molar-refractivity contribution >= 4 is 5.95 Å². The van der Waals surface area contributed by atoms with E-state index in [1.54, 1.807) is 0 Å². The Morgan fingerprint density at radius 1 is 1.40 bits per heavy atom. The van der Waals surface area contributed by atoms with Gasteiger partial charge in [-0.25, -0.2) is 0 Å². The van der Waals surface area contributed by atoms with Crippen LogP contribution in [0.2, 0.25) is 0 Å². The van der Waals surface area contributed by atoms with Gasteiger partial charge in [0.2, 0.25) is 5.95 Å². The van der Waals surface area contributed by atoms with Crippen LogP contribution in [0, 0.1) is 6.92 Å². The first-order valence-corrected chi connectivity index (χ1v) is 7.15. The van der Waals surface area contributed by atoms with E-state index in [1.165, 1.54) is 0 Å². The van der Waals surface area contributed by atoms with Crippen LogP contribution in [-0.4, -0.2) is 44.1 Å². The van der Waals surface area contributed by atoms with Crippen molar-refractivity contribution in [1.82, 2.24) is 25.0 Å². The van der Waals surface area contributed by atoms with E-state index in [0.717, 1.165) is 55.6 Å². The molecule has 0 saturated carbocycles. The van der Waals surface area contributed by atoms with E-state index in [2.05, 4.69) is 32.1 Å². The molecule has 2 aromatic rings. The molecule has 7 nitrogen and oxygen atoms in total.